The van der Waals surface area contributed by atoms with Crippen molar-refractivity contribution in [2.75, 3.05) is 6.61 Å². The lowest BCUT2D eigenvalue weighted by atomic mass is 10.1. The maximum absolute atomic E-state index is 14.1. The fraction of sp³-hybridized carbons (Fsp3) is 0.263. The molecular weight excluding hydrogens is 323 g/mol. The minimum Gasteiger partial charge on any atom is -0.453 e. The maximum atomic E-state index is 14.1. The van der Waals surface area contributed by atoms with E-state index in [1.165, 1.54) is 30.5 Å². The number of amides is 1. The Kier molecular flexibility index (Phi) is 7.10. The Morgan fingerprint density at radius 2 is 2.28 bits per heavy atom. The number of halogens is 1. The van der Waals surface area contributed by atoms with Crippen LogP contribution in [0.4, 0.5) is 4.39 Å². The molecule has 0 aliphatic heterocycles. The summed E-state index contributed by atoms with van der Waals surface area (Å²) in [5.41, 5.74) is 0.543. The first-order valence-corrected chi connectivity index (χ1v) is 8.09. The van der Waals surface area contributed by atoms with Crippen molar-refractivity contribution in [1.82, 2.24) is 10.3 Å². The average Bonchev–Trinajstić information content (AvgIpc) is 2.62. The van der Waals surface area contributed by atoms with Gasteiger partial charge in [0.2, 0.25) is 5.91 Å². The minimum atomic E-state index is -0.530. The number of benzene rings is 1. The Labute approximate surface area is 146 Å². The third-order valence-electron chi connectivity index (χ3n) is 3.56. The number of hydrogen-bond donors (Lipinski definition) is 2. The molecule has 2 aromatic rings. The predicted octanol–water partition coefficient (Wildman–Crippen LogP) is 3.30. The average molecular weight is 344 g/mol. The monoisotopic (exact) mass is 344 g/mol. The fourth-order valence-electron chi connectivity index (χ4n) is 2.19. The molecule has 1 aromatic carbocycles. The minimum absolute atomic E-state index is 0.0199. The molecule has 0 fully saturated rings. The molecular formula is C19H21FN2O3. The number of carbonyl (C=O) groups is 1. The lowest BCUT2D eigenvalue weighted by molar-refractivity contribution is -0.117. The van der Waals surface area contributed by atoms with Gasteiger partial charge in [-0.2, -0.15) is 0 Å². The molecule has 0 saturated carbocycles. The largest absolute Gasteiger partial charge is 0.453 e. The normalized spacial score (nSPS) is 12.1. The molecule has 0 radical (unpaired) electrons. The fourth-order valence-corrected chi connectivity index (χ4v) is 2.19. The van der Waals surface area contributed by atoms with E-state index in [0.717, 1.165) is 6.42 Å². The highest BCUT2D eigenvalue weighted by atomic mass is 19.1. The molecule has 0 saturated heterocycles. The van der Waals surface area contributed by atoms with Crippen LogP contribution in [0.25, 0.3) is 6.08 Å². The van der Waals surface area contributed by atoms with Gasteiger partial charge in [0.15, 0.2) is 11.6 Å². The van der Waals surface area contributed by atoms with Gasteiger partial charge in [0.05, 0.1) is 6.20 Å². The predicted molar refractivity (Wildman–Crippen MR) is 93.7 cm³/mol. The van der Waals surface area contributed by atoms with Crippen molar-refractivity contribution in [2.45, 2.75) is 25.8 Å². The van der Waals surface area contributed by atoms with Crippen LogP contribution < -0.4 is 10.1 Å². The Morgan fingerprint density at radius 3 is 2.92 bits per heavy atom. The molecule has 1 aromatic heterocycles. The zero-order chi connectivity index (χ0) is 18.1. The summed E-state index contributed by atoms with van der Waals surface area (Å²) in [5, 5.41) is 11.7. The van der Waals surface area contributed by atoms with Crippen LogP contribution in [0.3, 0.4) is 0 Å². The second kappa shape index (κ2) is 9.54. The van der Waals surface area contributed by atoms with E-state index in [2.05, 4.69) is 10.3 Å². The smallest absolute Gasteiger partial charge is 0.244 e. The lowest BCUT2D eigenvalue weighted by Crippen LogP contribution is -2.33. The SMILES string of the molecule is CCC(CCO)NC(=O)/C=C/c1ccc(Oc2cccnc2)c(F)c1. The summed E-state index contributed by atoms with van der Waals surface area (Å²) in [6, 6.07) is 7.75. The Hall–Kier alpha value is -2.73. The number of carbonyl (C=O) groups excluding carboxylic acids is 1. The molecule has 0 bridgehead atoms. The van der Waals surface area contributed by atoms with Crippen molar-refractivity contribution in [3.63, 3.8) is 0 Å². The van der Waals surface area contributed by atoms with Gasteiger partial charge in [-0.1, -0.05) is 13.0 Å². The van der Waals surface area contributed by atoms with Gasteiger partial charge in [-0.15, -0.1) is 0 Å². The summed E-state index contributed by atoms with van der Waals surface area (Å²) in [6.07, 6.45) is 7.20. The van der Waals surface area contributed by atoms with E-state index >= 15 is 0 Å². The molecule has 6 heteroatoms. The highest BCUT2D eigenvalue weighted by molar-refractivity contribution is 5.91. The number of nitrogens with zero attached hydrogens (tertiary/aromatic N) is 1. The van der Waals surface area contributed by atoms with E-state index in [1.807, 2.05) is 6.92 Å². The van der Waals surface area contributed by atoms with Crippen LogP contribution in [-0.4, -0.2) is 28.6 Å². The van der Waals surface area contributed by atoms with Crippen LogP contribution in [0.15, 0.2) is 48.8 Å². The molecule has 132 valence electrons. The third-order valence-corrected chi connectivity index (χ3v) is 3.56. The van der Waals surface area contributed by atoms with Crippen molar-refractivity contribution in [3.05, 3.63) is 60.2 Å². The first kappa shape index (κ1) is 18.6. The zero-order valence-electron chi connectivity index (χ0n) is 14.0. The molecule has 1 amide bonds. The van der Waals surface area contributed by atoms with Crippen molar-refractivity contribution in [3.8, 4) is 11.5 Å². The zero-order valence-corrected chi connectivity index (χ0v) is 14.0. The van der Waals surface area contributed by atoms with Crippen LogP contribution in [0, 0.1) is 5.82 Å². The number of aromatic nitrogens is 1. The number of hydrogen-bond acceptors (Lipinski definition) is 4. The van der Waals surface area contributed by atoms with E-state index < -0.39 is 5.82 Å². The number of pyridine rings is 1. The quantitative estimate of drug-likeness (QED) is 0.721. The van der Waals surface area contributed by atoms with Crippen LogP contribution >= 0.6 is 0 Å². The first-order chi connectivity index (χ1) is 12.1. The number of nitrogens with one attached hydrogen (secondary N) is 1. The summed E-state index contributed by atoms with van der Waals surface area (Å²) in [6.45, 7) is 1.95. The molecule has 2 rings (SSSR count). The number of aliphatic hydroxyl groups excluding tert-OH is 1. The van der Waals surface area contributed by atoms with Gasteiger partial charge in [-0.25, -0.2) is 4.39 Å². The van der Waals surface area contributed by atoms with Crippen LogP contribution in [0.1, 0.15) is 25.3 Å². The molecule has 0 spiro atoms. The van der Waals surface area contributed by atoms with Gasteiger partial charge in [-0.05, 0) is 48.7 Å². The second-order valence-corrected chi connectivity index (χ2v) is 5.44. The second-order valence-electron chi connectivity index (χ2n) is 5.44. The van der Waals surface area contributed by atoms with Gasteiger partial charge in [-0.3, -0.25) is 9.78 Å². The van der Waals surface area contributed by atoms with Crippen molar-refractivity contribution >= 4 is 12.0 Å². The molecule has 25 heavy (non-hydrogen) atoms. The Morgan fingerprint density at radius 1 is 1.44 bits per heavy atom. The van der Waals surface area contributed by atoms with E-state index in [-0.39, 0.29) is 24.3 Å². The van der Waals surface area contributed by atoms with Gasteiger partial charge in [0.1, 0.15) is 5.75 Å². The standard InChI is InChI=1S/C19H21FN2O3/c1-2-15(9-11-23)22-19(24)8-6-14-5-7-18(17(20)12-14)25-16-4-3-10-21-13-16/h3-8,10,12-13,15,23H,2,9,11H2,1H3,(H,22,24)/b8-6+. The van der Waals surface area contributed by atoms with Crippen molar-refractivity contribution < 1.29 is 19.0 Å². The van der Waals surface area contributed by atoms with E-state index in [0.29, 0.717) is 17.7 Å². The molecule has 2 N–H and O–H groups in total. The molecule has 0 aliphatic carbocycles. The summed E-state index contributed by atoms with van der Waals surface area (Å²) in [7, 11) is 0. The molecule has 5 nitrogen and oxygen atoms in total. The Balaban J connectivity index is 1.99. The number of rotatable bonds is 8. The van der Waals surface area contributed by atoms with E-state index in [1.54, 1.807) is 24.4 Å². The van der Waals surface area contributed by atoms with Crippen LogP contribution in [0.2, 0.25) is 0 Å². The van der Waals surface area contributed by atoms with Gasteiger partial charge >= 0.3 is 0 Å². The van der Waals surface area contributed by atoms with Gasteiger partial charge in [0.25, 0.3) is 0 Å². The van der Waals surface area contributed by atoms with Crippen LogP contribution in [-0.2, 0) is 4.79 Å². The summed E-state index contributed by atoms with van der Waals surface area (Å²) in [4.78, 5) is 15.8. The lowest BCUT2D eigenvalue weighted by Gasteiger charge is -2.13. The van der Waals surface area contributed by atoms with Gasteiger partial charge in [0, 0.05) is 24.9 Å². The molecule has 0 aliphatic rings. The summed E-state index contributed by atoms with van der Waals surface area (Å²) < 4.78 is 19.5. The highest BCUT2D eigenvalue weighted by Gasteiger charge is 2.08. The van der Waals surface area contributed by atoms with E-state index in [9.17, 15) is 9.18 Å². The topological polar surface area (TPSA) is 71.5 Å². The molecule has 1 unspecified atom stereocenters. The highest BCUT2D eigenvalue weighted by Crippen LogP contribution is 2.24. The van der Waals surface area contributed by atoms with Crippen molar-refractivity contribution in [2.24, 2.45) is 0 Å². The molecule has 1 heterocycles. The van der Waals surface area contributed by atoms with Crippen LogP contribution in [0.5, 0.6) is 11.5 Å². The molecule has 1 atom stereocenters. The number of aliphatic hydroxyl groups is 1. The summed E-state index contributed by atoms with van der Waals surface area (Å²) >= 11 is 0. The summed E-state index contributed by atoms with van der Waals surface area (Å²) in [5.74, 6) is -0.281. The first-order valence-electron chi connectivity index (χ1n) is 8.09. The Bertz CT molecular complexity index is 720. The number of ether oxygens (including phenoxy) is 1. The third kappa shape index (κ3) is 6.00. The van der Waals surface area contributed by atoms with E-state index in [4.69, 9.17) is 9.84 Å². The maximum Gasteiger partial charge on any atom is 0.244 e. The van der Waals surface area contributed by atoms with Crippen molar-refractivity contribution in [1.29, 1.82) is 0 Å². The van der Waals surface area contributed by atoms with Gasteiger partial charge < -0.3 is 15.2 Å².